The minimum atomic E-state index is -5.08. The Morgan fingerprint density at radius 2 is 1.52 bits per heavy atom. The summed E-state index contributed by atoms with van der Waals surface area (Å²) in [5.41, 5.74) is 1.23. The number of benzene rings is 1. The monoisotopic (exact) mass is 664 g/mol. The van der Waals surface area contributed by atoms with Gasteiger partial charge < -0.3 is 19.5 Å². The molecule has 2 aliphatic rings. The molecular formula is C27H27F7N6O6. The fourth-order valence-corrected chi connectivity index (χ4v) is 4.89. The number of halogens is 7. The van der Waals surface area contributed by atoms with Crippen molar-refractivity contribution in [2.24, 2.45) is 0 Å². The van der Waals surface area contributed by atoms with Gasteiger partial charge in [0, 0.05) is 49.7 Å². The number of hydrogen-bond donors (Lipinski definition) is 2. The Kier molecular flexibility index (Phi) is 11.3. The topological polar surface area (TPSA) is 151 Å². The van der Waals surface area contributed by atoms with Crippen molar-refractivity contribution in [1.82, 2.24) is 29.5 Å². The van der Waals surface area contributed by atoms with Crippen molar-refractivity contribution >= 4 is 18.0 Å². The number of alkyl halides is 6. The van der Waals surface area contributed by atoms with Crippen LogP contribution in [0.3, 0.4) is 0 Å². The summed E-state index contributed by atoms with van der Waals surface area (Å²) >= 11 is 0. The molecule has 0 aliphatic carbocycles. The second-order valence-corrected chi connectivity index (χ2v) is 10.0. The van der Waals surface area contributed by atoms with E-state index in [1.807, 2.05) is 24.3 Å². The highest BCUT2D eigenvalue weighted by molar-refractivity contribution is 5.73. The minimum absolute atomic E-state index is 0.178. The highest BCUT2D eigenvalue weighted by Gasteiger charge is 2.46. The molecule has 1 amide bonds. The van der Waals surface area contributed by atoms with Crippen LogP contribution in [0.15, 0.2) is 48.8 Å². The van der Waals surface area contributed by atoms with E-state index >= 15 is 0 Å². The second-order valence-electron chi connectivity index (χ2n) is 10.0. The number of ether oxygens (including phenoxy) is 1. The van der Waals surface area contributed by atoms with Crippen LogP contribution in [0.4, 0.5) is 35.5 Å². The maximum atomic E-state index is 14.2. The lowest BCUT2D eigenvalue weighted by Gasteiger charge is -2.48. The van der Waals surface area contributed by atoms with Gasteiger partial charge in [-0.1, -0.05) is 18.2 Å². The predicted octanol–water partition coefficient (Wildman–Crippen LogP) is 4.32. The average Bonchev–Trinajstić information content (AvgIpc) is 3.44. The molecule has 0 radical (unpaired) electrons. The quantitative estimate of drug-likeness (QED) is 0.388. The number of methoxy groups -OCH3 is 1. The number of aromatic nitrogens is 4. The van der Waals surface area contributed by atoms with Gasteiger partial charge in [0.25, 0.3) is 0 Å². The molecule has 4 heterocycles. The molecule has 19 heteroatoms. The molecule has 1 spiro atoms. The van der Waals surface area contributed by atoms with Crippen LogP contribution < -0.4 is 0 Å². The normalized spacial score (nSPS) is 15.9. The van der Waals surface area contributed by atoms with Gasteiger partial charge in [-0.2, -0.15) is 26.3 Å². The van der Waals surface area contributed by atoms with Crippen molar-refractivity contribution in [3.63, 3.8) is 0 Å². The third-order valence-corrected chi connectivity index (χ3v) is 7.00. The van der Waals surface area contributed by atoms with Crippen LogP contribution >= 0.6 is 0 Å². The predicted molar refractivity (Wildman–Crippen MR) is 142 cm³/mol. The highest BCUT2D eigenvalue weighted by atomic mass is 19.4. The summed E-state index contributed by atoms with van der Waals surface area (Å²) in [4.78, 5) is 38.4. The molecule has 1 saturated heterocycles. The maximum absolute atomic E-state index is 14.2. The van der Waals surface area contributed by atoms with E-state index in [2.05, 4.69) is 24.6 Å². The molecular weight excluding hydrogens is 637 g/mol. The van der Waals surface area contributed by atoms with E-state index in [0.29, 0.717) is 25.2 Å². The van der Waals surface area contributed by atoms with Crippen LogP contribution in [0.1, 0.15) is 24.2 Å². The third kappa shape index (κ3) is 8.89. The zero-order valence-electron chi connectivity index (χ0n) is 23.9. The lowest BCUT2D eigenvalue weighted by atomic mass is 9.84. The van der Waals surface area contributed by atoms with Gasteiger partial charge in [0.2, 0.25) is 0 Å². The molecule has 0 atom stereocenters. The van der Waals surface area contributed by atoms with Crippen LogP contribution in [0.25, 0.3) is 11.4 Å². The van der Waals surface area contributed by atoms with Crippen LogP contribution in [0, 0.1) is 5.82 Å². The minimum Gasteiger partial charge on any atom is -0.475 e. The molecule has 12 nitrogen and oxygen atoms in total. The zero-order valence-corrected chi connectivity index (χ0v) is 23.9. The molecule has 250 valence electrons. The van der Waals surface area contributed by atoms with E-state index in [4.69, 9.17) is 24.5 Å². The van der Waals surface area contributed by atoms with Gasteiger partial charge in [-0.05, 0) is 31.0 Å². The van der Waals surface area contributed by atoms with Crippen LogP contribution in [-0.4, -0.2) is 96.9 Å². The molecule has 46 heavy (non-hydrogen) atoms. The van der Waals surface area contributed by atoms with E-state index in [0.717, 1.165) is 43.1 Å². The summed E-state index contributed by atoms with van der Waals surface area (Å²) < 4.78 is 84.8. The fourth-order valence-electron chi connectivity index (χ4n) is 4.89. The van der Waals surface area contributed by atoms with E-state index in [1.165, 1.54) is 13.2 Å². The Hall–Kier alpha value is -4.81. The lowest BCUT2D eigenvalue weighted by Crippen LogP contribution is -2.57. The number of likely N-dealkylation sites (tertiary alicyclic amines) is 1. The standard InChI is InChI=1S/C23H25FN6O2.2C2HF3O2/c1-32-22(31)29-15-20-26-27-21(17-6-4-10-25-13-17)30(20)23(16-29)8-11-28(12-9-23)14-18-5-2-3-7-19(18)24;2*3-2(4,5)1(6)7/h2-7,10,13H,8-9,11-12,14-16H2,1H3;2*(H,6,7). The number of nitrogens with zero attached hydrogens (tertiary/aromatic N) is 6. The van der Waals surface area contributed by atoms with Crippen molar-refractivity contribution in [3.05, 3.63) is 66.0 Å². The van der Waals surface area contributed by atoms with Gasteiger partial charge in [-0.15, -0.1) is 10.2 Å². The summed E-state index contributed by atoms with van der Waals surface area (Å²) in [7, 11) is 1.40. The Bertz CT molecular complexity index is 1480. The maximum Gasteiger partial charge on any atom is 0.490 e. The number of hydrogen-bond acceptors (Lipinski definition) is 8. The molecule has 5 rings (SSSR count). The van der Waals surface area contributed by atoms with Gasteiger partial charge in [0.15, 0.2) is 11.6 Å². The Balaban J connectivity index is 0.000000345. The van der Waals surface area contributed by atoms with Gasteiger partial charge in [-0.3, -0.25) is 14.8 Å². The van der Waals surface area contributed by atoms with Crippen molar-refractivity contribution in [2.75, 3.05) is 26.7 Å². The molecule has 1 aromatic carbocycles. The number of rotatable bonds is 3. The number of amides is 1. The number of carbonyl (C=O) groups is 3. The van der Waals surface area contributed by atoms with Crippen LogP contribution in [0.5, 0.6) is 0 Å². The van der Waals surface area contributed by atoms with Gasteiger partial charge >= 0.3 is 30.4 Å². The van der Waals surface area contributed by atoms with E-state index in [1.54, 1.807) is 23.4 Å². The van der Waals surface area contributed by atoms with Gasteiger partial charge in [0.1, 0.15) is 5.82 Å². The molecule has 2 aromatic heterocycles. The highest BCUT2D eigenvalue weighted by Crippen LogP contribution is 2.39. The summed E-state index contributed by atoms with van der Waals surface area (Å²) in [6.45, 7) is 2.97. The molecule has 3 aromatic rings. The first kappa shape index (κ1) is 35.7. The number of carbonyl (C=O) groups excluding carboxylic acids is 1. The van der Waals surface area contributed by atoms with Crippen molar-refractivity contribution in [2.45, 2.75) is 43.8 Å². The zero-order chi connectivity index (χ0) is 34.3. The van der Waals surface area contributed by atoms with E-state index in [9.17, 15) is 35.5 Å². The summed E-state index contributed by atoms with van der Waals surface area (Å²) in [5.74, 6) is -4.19. The molecule has 0 saturated carbocycles. The number of aliphatic carboxylic acids is 2. The SMILES string of the molecule is COC(=O)N1Cc2nnc(-c3cccnc3)n2C2(CCN(Cc3ccccc3F)CC2)C1.O=C(O)C(F)(F)F.O=C(O)C(F)(F)F. The Morgan fingerprint density at radius 1 is 0.935 bits per heavy atom. The Labute approximate surface area is 256 Å². The van der Waals surface area contributed by atoms with Gasteiger partial charge in [-0.25, -0.2) is 18.8 Å². The molecule has 2 N–H and O–H groups in total. The molecule has 0 unspecified atom stereocenters. The first-order valence-electron chi connectivity index (χ1n) is 13.2. The average molecular weight is 665 g/mol. The van der Waals surface area contributed by atoms with Crippen molar-refractivity contribution < 1.29 is 60.1 Å². The second kappa shape index (κ2) is 14.5. The van der Waals surface area contributed by atoms with E-state index < -0.39 is 24.3 Å². The smallest absolute Gasteiger partial charge is 0.475 e. The van der Waals surface area contributed by atoms with Crippen molar-refractivity contribution in [3.8, 4) is 11.4 Å². The van der Waals surface area contributed by atoms with Crippen LogP contribution in [0.2, 0.25) is 0 Å². The third-order valence-electron chi connectivity index (χ3n) is 7.00. The first-order valence-corrected chi connectivity index (χ1v) is 13.2. The summed E-state index contributed by atoms with van der Waals surface area (Å²) in [6.07, 6.45) is -5.45. The van der Waals surface area contributed by atoms with Gasteiger partial charge in [0.05, 0.1) is 19.2 Å². The molecule has 0 bridgehead atoms. The fraction of sp³-hybridized carbons (Fsp3) is 0.407. The Morgan fingerprint density at radius 3 is 2.02 bits per heavy atom. The lowest BCUT2D eigenvalue weighted by molar-refractivity contribution is -0.193. The van der Waals surface area contributed by atoms with Crippen LogP contribution in [-0.2, 0) is 33.0 Å². The summed E-state index contributed by atoms with van der Waals surface area (Å²) in [5, 5.41) is 23.1. The van der Waals surface area contributed by atoms with E-state index in [-0.39, 0.29) is 17.4 Å². The molecule has 1 fully saturated rings. The van der Waals surface area contributed by atoms with Crippen molar-refractivity contribution in [1.29, 1.82) is 0 Å². The number of piperidine rings is 1. The number of pyridine rings is 1. The molecule has 2 aliphatic heterocycles. The number of carboxylic acids is 2. The first-order chi connectivity index (χ1) is 21.5. The number of fused-ring (bicyclic) bond motifs is 2. The summed E-state index contributed by atoms with van der Waals surface area (Å²) in [6, 6.07) is 10.8. The number of carboxylic acid groups (broad SMARTS) is 2. The largest absolute Gasteiger partial charge is 0.490 e.